The third-order valence-corrected chi connectivity index (χ3v) is 3.98. The minimum Gasteiger partial charge on any atom is -0.504 e. The standard InChI is InChI=1S/C18H18N2O3/c1-19-11-14-9-12-5-3-4-6-15(12)20(14)18(22)13-7-8-16(21)17(10-13)23-2/h3-8,10-11,14,21H,9H2,1-2H3. The lowest BCUT2D eigenvalue weighted by Gasteiger charge is -2.23. The van der Waals surface area contributed by atoms with Gasteiger partial charge in [0.1, 0.15) is 0 Å². The number of aromatic hydroxyl groups is 1. The third kappa shape index (κ3) is 2.65. The fraction of sp³-hybridized carbons (Fsp3) is 0.222. The second kappa shape index (κ2) is 6.12. The van der Waals surface area contributed by atoms with Crippen LogP contribution in [-0.4, -0.2) is 37.4 Å². The van der Waals surface area contributed by atoms with E-state index in [1.165, 1.54) is 13.2 Å². The normalized spacial score (nSPS) is 16.6. The van der Waals surface area contributed by atoms with Gasteiger partial charge in [0.2, 0.25) is 0 Å². The first kappa shape index (κ1) is 15.1. The Morgan fingerprint density at radius 2 is 2.13 bits per heavy atom. The summed E-state index contributed by atoms with van der Waals surface area (Å²) in [5.74, 6) is 0.153. The van der Waals surface area contributed by atoms with Crippen LogP contribution in [0.1, 0.15) is 15.9 Å². The Hall–Kier alpha value is -2.82. The van der Waals surface area contributed by atoms with Gasteiger partial charge in [0.25, 0.3) is 5.91 Å². The van der Waals surface area contributed by atoms with Crippen molar-refractivity contribution in [3.8, 4) is 11.5 Å². The number of phenols is 1. The fourth-order valence-corrected chi connectivity index (χ4v) is 2.91. The summed E-state index contributed by atoms with van der Waals surface area (Å²) in [5.41, 5.74) is 2.48. The zero-order chi connectivity index (χ0) is 16.4. The summed E-state index contributed by atoms with van der Waals surface area (Å²) in [7, 11) is 3.16. The van der Waals surface area contributed by atoms with Crippen LogP contribution in [0.25, 0.3) is 0 Å². The Bertz CT molecular complexity index is 771. The summed E-state index contributed by atoms with van der Waals surface area (Å²) < 4.78 is 5.10. The molecule has 0 saturated heterocycles. The Morgan fingerprint density at radius 3 is 2.87 bits per heavy atom. The molecule has 0 fully saturated rings. The van der Waals surface area contributed by atoms with Crippen molar-refractivity contribution in [2.45, 2.75) is 12.5 Å². The molecule has 0 aromatic heterocycles. The van der Waals surface area contributed by atoms with Gasteiger partial charge in [-0.05, 0) is 29.8 Å². The number of ether oxygens (including phenoxy) is 1. The SMILES string of the molecule is CN=CC1Cc2ccccc2N1C(=O)c1ccc(O)c(OC)c1. The van der Waals surface area contributed by atoms with E-state index in [2.05, 4.69) is 4.99 Å². The molecule has 2 aromatic carbocycles. The minimum atomic E-state index is -0.141. The monoisotopic (exact) mass is 310 g/mol. The number of para-hydroxylation sites is 1. The molecule has 1 aliphatic rings. The molecule has 0 aliphatic carbocycles. The molecule has 1 aliphatic heterocycles. The lowest BCUT2D eigenvalue weighted by atomic mass is 10.1. The van der Waals surface area contributed by atoms with Crippen LogP contribution in [0.15, 0.2) is 47.5 Å². The van der Waals surface area contributed by atoms with Gasteiger partial charge >= 0.3 is 0 Å². The van der Waals surface area contributed by atoms with Crippen molar-refractivity contribution in [3.63, 3.8) is 0 Å². The first-order chi connectivity index (χ1) is 11.2. The highest BCUT2D eigenvalue weighted by Crippen LogP contribution is 2.34. The van der Waals surface area contributed by atoms with E-state index in [9.17, 15) is 9.90 Å². The van der Waals surface area contributed by atoms with Gasteiger partial charge in [0.15, 0.2) is 11.5 Å². The molecule has 0 saturated carbocycles. The number of carbonyl (C=O) groups excluding carboxylic acids is 1. The second-order valence-corrected chi connectivity index (χ2v) is 5.37. The van der Waals surface area contributed by atoms with Crippen molar-refractivity contribution in [1.82, 2.24) is 0 Å². The molecule has 1 unspecified atom stereocenters. The number of aliphatic imine (C=N–C) groups is 1. The molecular formula is C18H18N2O3. The second-order valence-electron chi connectivity index (χ2n) is 5.37. The summed E-state index contributed by atoms with van der Waals surface area (Å²) in [6, 6.07) is 12.4. The fourth-order valence-electron chi connectivity index (χ4n) is 2.91. The van der Waals surface area contributed by atoms with Crippen LogP contribution in [0.2, 0.25) is 0 Å². The molecule has 0 bridgehead atoms. The Morgan fingerprint density at radius 1 is 1.35 bits per heavy atom. The van der Waals surface area contributed by atoms with Gasteiger partial charge in [0, 0.05) is 30.9 Å². The Kier molecular flexibility index (Phi) is 4.02. The molecule has 1 heterocycles. The number of hydrogen-bond donors (Lipinski definition) is 1. The molecule has 1 atom stereocenters. The molecule has 1 N–H and O–H groups in total. The van der Waals surface area contributed by atoms with E-state index in [0.717, 1.165) is 17.7 Å². The first-order valence-electron chi connectivity index (χ1n) is 7.36. The average molecular weight is 310 g/mol. The van der Waals surface area contributed by atoms with Crippen molar-refractivity contribution < 1.29 is 14.6 Å². The summed E-state index contributed by atoms with van der Waals surface area (Å²) in [6.07, 6.45) is 2.53. The number of hydrogen-bond acceptors (Lipinski definition) is 4. The number of methoxy groups -OCH3 is 1. The van der Waals surface area contributed by atoms with Crippen LogP contribution in [0.5, 0.6) is 11.5 Å². The molecule has 1 amide bonds. The van der Waals surface area contributed by atoms with E-state index in [1.54, 1.807) is 30.3 Å². The van der Waals surface area contributed by atoms with Crippen LogP contribution in [0.4, 0.5) is 5.69 Å². The van der Waals surface area contributed by atoms with Crippen LogP contribution in [-0.2, 0) is 6.42 Å². The van der Waals surface area contributed by atoms with E-state index in [1.807, 2.05) is 24.3 Å². The van der Waals surface area contributed by atoms with E-state index in [0.29, 0.717) is 5.56 Å². The number of benzene rings is 2. The van der Waals surface area contributed by atoms with Gasteiger partial charge < -0.3 is 9.84 Å². The highest BCUT2D eigenvalue weighted by Gasteiger charge is 2.33. The predicted molar refractivity (Wildman–Crippen MR) is 89.8 cm³/mol. The number of anilines is 1. The zero-order valence-electron chi connectivity index (χ0n) is 13.1. The van der Waals surface area contributed by atoms with Crippen molar-refractivity contribution in [2.24, 2.45) is 4.99 Å². The van der Waals surface area contributed by atoms with Gasteiger partial charge in [-0.1, -0.05) is 18.2 Å². The molecule has 118 valence electrons. The molecule has 5 heteroatoms. The van der Waals surface area contributed by atoms with Crippen molar-refractivity contribution in [3.05, 3.63) is 53.6 Å². The maximum absolute atomic E-state index is 13.0. The van der Waals surface area contributed by atoms with Crippen molar-refractivity contribution >= 4 is 17.8 Å². The predicted octanol–water partition coefficient (Wildman–Crippen LogP) is 2.67. The smallest absolute Gasteiger partial charge is 0.259 e. The first-order valence-corrected chi connectivity index (χ1v) is 7.36. The summed E-state index contributed by atoms with van der Waals surface area (Å²) in [4.78, 5) is 18.8. The number of fused-ring (bicyclic) bond motifs is 1. The van der Waals surface area contributed by atoms with Crippen molar-refractivity contribution in [2.75, 3.05) is 19.1 Å². The molecule has 23 heavy (non-hydrogen) atoms. The number of carbonyl (C=O) groups is 1. The Labute approximate surface area is 134 Å². The molecule has 2 aromatic rings. The average Bonchev–Trinajstić information content (AvgIpc) is 2.93. The maximum Gasteiger partial charge on any atom is 0.259 e. The quantitative estimate of drug-likeness (QED) is 0.887. The molecule has 5 nitrogen and oxygen atoms in total. The van der Waals surface area contributed by atoms with E-state index >= 15 is 0 Å². The highest BCUT2D eigenvalue weighted by atomic mass is 16.5. The third-order valence-electron chi connectivity index (χ3n) is 3.98. The molecule has 3 rings (SSSR count). The summed E-state index contributed by atoms with van der Waals surface area (Å²) in [5, 5.41) is 9.70. The van der Waals surface area contributed by atoms with Gasteiger partial charge in [-0.2, -0.15) is 0 Å². The number of rotatable bonds is 3. The van der Waals surface area contributed by atoms with Crippen LogP contribution in [0, 0.1) is 0 Å². The summed E-state index contributed by atoms with van der Waals surface area (Å²) in [6.45, 7) is 0. The number of phenolic OH excluding ortho intramolecular Hbond substituents is 1. The number of nitrogens with zero attached hydrogens (tertiary/aromatic N) is 2. The Balaban J connectivity index is 2.02. The van der Waals surface area contributed by atoms with Gasteiger partial charge in [-0.3, -0.25) is 14.7 Å². The van der Waals surface area contributed by atoms with Crippen LogP contribution >= 0.6 is 0 Å². The lowest BCUT2D eigenvalue weighted by Crippen LogP contribution is -2.38. The largest absolute Gasteiger partial charge is 0.504 e. The maximum atomic E-state index is 13.0. The van der Waals surface area contributed by atoms with Gasteiger partial charge in [-0.25, -0.2) is 0 Å². The van der Waals surface area contributed by atoms with Crippen LogP contribution < -0.4 is 9.64 Å². The molecule has 0 spiro atoms. The zero-order valence-corrected chi connectivity index (χ0v) is 13.1. The topological polar surface area (TPSA) is 62.1 Å². The number of amides is 1. The minimum absolute atomic E-state index is 0.0116. The summed E-state index contributed by atoms with van der Waals surface area (Å²) >= 11 is 0. The molecular weight excluding hydrogens is 292 g/mol. The lowest BCUT2D eigenvalue weighted by molar-refractivity contribution is 0.0985. The van der Waals surface area contributed by atoms with E-state index < -0.39 is 0 Å². The van der Waals surface area contributed by atoms with Crippen LogP contribution in [0.3, 0.4) is 0 Å². The van der Waals surface area contributed by atoms with E-state index in [4.69, 9.17) is 4.74 Å². The van der Waals surface area contributed by atoms with E-state index in [-0.39, 0.29) is 23.4 Å². The van der Waals surface area contributed by atoms with Gasteiger partial charge in [-0.15, -0.1) is 0 Å². The van der Waals surface area contributed by atoms with Gasteiger partial charge in [0.05, 0.1) is 13.2 Å². The van der Waals surface area contributed by atoms with Crippen molar-refractivity contribution in [1.29, 1.82) is 0 Å². The highest BCUT2D eigenvalue weighted by molar-refractivity contribution is 6.10. The molecule has 0 radical (unpaired) electrons.